The summed E-state index contributed by atoms with van der Waals surface area (Å²) < 4.78 is 0. The van der Waals surface area contributed by atoms with Crippen LogP contribution in [0.2, 0.25) is 0 Å². The van der Waals surface area contributed by atoms with Gasteiger partial charge in [-0.2, -0.15) is 4.89 Å². The zero-order valence-electron chi connectivity index (χ0n) is 13.2. The van der Waals surface area contributed by atoms with Crippen molar-refractivity contribution in [3.8, 4) is 11.3 Å². The fraction of sp³-hybridized carbons (Fsp3) is 0.294. The van der Waals surface area contributed by atoms with Crippen LogP contribution in [0, 0.1) is 6.92 Å². The minimum atomic E-state index is -0.556. The minimum absolute atomic E-state index is 0.394. The molecule has 0 atom stereocenters. The molecular formula is C17H20N2O3. The third kappa shape index (κ3) is 4.05. The highest BCUT2D eigenvalue weighted by atomic mass is 17.2. The number of nitrogens with zero attached hydrogens (tertiary/aromatic N) is 1. The Morgan fingerprint density at radius 1 is 1.18 bits per heavy atom. The summed E-state index contributed by atoms with van der Waals surface area (Å²) >= 11 is 0. The lowest BCUT2D eigenvalue weighted by molar-refractivity contribution is -0.301. The summed E-state index contributed by atoms with van der Waals surface area (Å²) in [6, 6.07) is 10.7. The smallest absolute Gasteiger partial charge is 0.373 e. The molecule has 5 heteroatoms. The number of hydrogen-bond donors (Lipinski definition) is 1. The molecule has 116 valence electrons. The van der Waals surface area contributed by atoms with Crippen LogP contribution in [-0.2, 0) is 9.78 Å². The maximum absolute atomic E-state index is 12.0. The Bertz CT molecular complexity index is 691. The predicted molar refractivity (Wildman–Crippen MR) is 85.1 cm³/mol. The fourth-order valence-corrected chi connectivity index (χ4v) is 1.84. The van der Waals surface area contributed by atoms with E-state index < -0.39 is 11.6 Å². The van der Waals surface area contributed by atoms with E-state index in [1.807, 2.05) is 19.1 Å². The van der Waals surface area contributed by atoms with Crippen molar-refractivity contribution in [2.75, 3.05) is 5.73 Å². The maximum atomic E-state index is 12.0. The van der Waals surface area contributed by atoms with Gasteiger partial charge in [0, 0.05) is 5.56 Å². The Morgan fingerprint density at radius 2 is 1.91 bits per heavy atom. The zero-order valence-corrected chi connectivity index (χ0v) is 13.2. The highest BCUT2D eigenvalue weighted by Gasteiger charge is 2.17. The summed E-state index contributed by atoms with van der Waals surface area (Å²) in [4.78, 5) is 26.3. The number of nitrogen functional groups attached to an aromatic ring is 1. The largest absolute Gasteiger partial charge is 0.384 e. The van der Waals surface area contributed by atoms with Gasteiger partial charge in [-0.3, -0.25) is 4.89 Å². The van der Waals surface area contributed by atoms with Gasteiger partial charge in [-0.15, -0.1) is 0 Å². The summed E-state index contributed by atoms with van der Waals surface area (Å²) in [7, 11) is 0. The lowest BCUT2D eigenvalue weighted by atomic mass is 10.0. The molecule has 0 amide bonds. The Morgan fingerprint density at radius 3 is 2.59 bits per heavy atom. The Kier molecular flexibility index (Phi) is 4.47. The molecule has 0 aliphatic heterocycles. The van der Waals surface area contributed by atoms with Gasteiger partial charge in [0.25, 0.3) is 0 Å². The van der Waals surface area contributed by atoms with Gasteiger partial charge in [-0.25, -0.2) is 9.78 Å². The zero-order chi connectivity index (χ0) is 16.3. The number of benzene rings is 1. The molecule has 0 spiro atoms. The van der Waals surface area contributed by atoms with Crippen LogP contribution in [0.3, 0.4) is 0 Å². The van der Waals surface area contributed by atoms with Crippen molar-refractivity contribution in [2.45, 2.75) is 33.3 Å². The molecule has 0 unspecified atom stereocenters. The van der Waals surface area contributed by atoms with Gasteiger partial charge in [0.2, 0.25) is 0 Å². The lowest BCUT2D eigenvalue weighted by Crippen LogP contribution is -2.21. The highest BCUT2D eigenvalue weighted by Crippen LogP contribution is 2.23. The van der Waals surface area contributed by atoms with Crippen LogP contribution in [0.15, 0.2) is 36.4 Å². The number of aromatic nitrogens is 1. The van der Waals surface area contributed by atoms with Crippen LogP contribution >= 0.6 is 0 Å². The van der Waals surface area contributed by atoms with Gasteiger partial charge in [-0.1, -0.05) is 18.2 Å². The monoisotopic (exact) mass is 300 g/mol. The van der Waals surface area contributed by atoms with Crippen molar-refractivity contribution in [1.82, 2.24) is 4.98 Å². The van der Waals surface area contributed by atoms with Gasteiger partial charge in [0.05, 0.1) is 11.3 Å². The number of aryl methyl sites for hydroxylation is 1. The van der Waals surface area contributed by atoms with Crippen molar-refractivity contribution < 1.29 is 14.6 Å². The molecule has 22 heavy (non-hydrogen) atoms. The first-order chi connectivity index (χ1) is 10.3. The van der Waals surface area contributed by atoms with Gasteiger partial charge in [0.1, 0.15) is 11.4 Å². The molecule has 0 aliphatic carbocycles. The van der Waals surface area contributed by atoms with E-state index in [9.17, 15) is 4.79 Å². The molecule has 0 radical (unpaired) electrons. The van der Waals surface area contributed by atoms with Crippen molar-refractivity contribution in [1.29, 1.82) is 0 Å². The molecule has 0 bridgehead atoms. The Balaban J connectivity index is 2.27. The molecule has 5 nitrogen and oxygen atoms in total. The van der Waals surface area contributed by atoms with Gasteiger partial charge < -0.3 is 5.73 Å². The van der Waals surface area contributed by atoms with E-state index in [-0.39, 0.29) is 0 Å². The number of carbonyl (C=O) groups excluding carboxylic acids is 1. The predicted octanol–water partition coefficient (Wildman–Crippen LogP) is 3.53. The average molecular weight is 300 g/mol. The van der Waals surface area contributed by atoms with E-state index in [4.69, 9.17) is 15.5 Å². The average Bonchev–Trinajstić information content (AvgIpc) is 2.46. The molecule has 0 fully saturated rings. The summed E-state index contributed by atoms with van der Waals surface area (Å²) in [5, 5.41) is 0. The summed E-state index contributed by atoms with van der Waals surface area (Å²) in [5.74, 6) is -0.108. The SMILES string of the molecule is Cc1ccc(N)nc1-c1cccc(C(=O)OOC(C)(C)C)c1. The number of anilines is 1. The van der Waals surface area contributed by atoms with E-state index >= 15 is 0 Å². The van der Waals surface area contributed by atoms with Crippen LogP contribution in [0.5, 0.6) is 0 Å². The third-order valence-corrected chi connectivity index (χ3v) is 2.86. The molecule has 2 rings (SSSR count). The summed E-state index contributed by atoms with van der Waals surface area (Å²) in [6.07, 6.45) is 0. The van der Waals surface area contributed by atoms with Gasteiger partial charge in [-0.05, 0) is 51.5 Å². The van der Waals surface area contributed by atoms with Crippen molar-refractivity contribution >= 4 is 11.8 Å². The third-order valence-electron chi connectivity index (χ3n) is 2.86. The molecule has 2 N–H and O–H groups in total. The Hall–Kier alpha value is -2.40. The fourth-order valence-electron chi connectivity index (χ4n) is 1.84. The quantitative estimate of drug-likeness (QED) is 0.693. The second-order valence-corrected chi connectivity index (χ2v) is 6.05. The number of pyridine rings is 1. The summed E-state index contributed by atoms with van der Waals surface area (Å²) in [5.41, 5.74) is 8.09. The molecule has 1 aromatic carbocycles. The van der Waals surface area contributed by atoms with E-state index in [0.29, 0.717) is 11.4 Å². The lowest BCUT2D eigenvalue weighted by Gasteiger charge is -2.16. The first kappa shape index (κ1) is 16.0. The molecule has 0 saturated heterocycles. The van der Waals surface area contributed by atoms with Gasteiger partial charge in [0.15, 0.2) is 0 Å². The Labute approximate surface area is 130 Å². The summed E-state index contributed by atoms with van der Waals surface area (Å²) in [6.45, 7) is 7.35. The number of carbonyl (C=O) groups is 1. The highest BCUT2D eigenvalue weighted by molar-refractivity contribution is 5.90. The first-order valence-electron chi connectivity index (χ1n) is 7.00. The first-order valence-corrected chi connectivity index (χ1v) is 7.00. The number of nitrogens with two attached hydrogens (primary N) is 1. The van der Waals surface area contributed by atoms with Crippen molar-refractivity contribution in [2.24, 2.45) is 0 Å². The minimum Gasteiger partial charge on any atom is -0.384 e. The van der Waals surface area contributed by atoms with Crippen LogP contribution in [0.1, 0.15) is 36.7 Å². The molecule has 2 aromatic rings. The van der Waals surface area contributed by atoms with Gasteiger partial charge >= 0.3 is 5.97 Å². The second-order valence-electron chi connectivity index (χ2n) is 6.05. The molecular weight excluding hydrogens is 280 g/mol. The normalized spacial score (nSPS) is 11.3. The van der Waals surface area contributed by atoms with Crippen molar-refractivity contribution in [3.05, 3.63) is 47.5 Å². The molecule has 1 heterocycles. The van der Waals surface area contributed by atoms with E-state index in [1.165, 1.54) is 0 Å². The molecule has 0 saturated carbocycles. The molecule has 1 aromatic heterocycles. The topological polar surface area (TPSA) is 74.4 Å². The van der Waals surface area contributed by atoms with Crippen LogP contribution in [0.25, 0.3) is 11.3 Å². The number of hydrogen-bond acceptors (Lipinski definition) is 5. The van der Waals surface area contributed by atoms with Crippen molar-refractivity contribution in [3.63, 3.8) is 0 Å². The number of rotatable bonds is 3. The van der Waals surface area contributed by atoms with E-state index in [2.05, 4.69) is 4.98 Å². The van der Waals surface area contributed by atoms with Crippen LogP contribution in [-0.4, -0.2) is 16.6 Å². The maximum Gasteiger partial charge on any atom is 0.373 e. The van der Waals surface area contributed by atoms with E-state index in [1.54, 1.807) is 45.0 Å². The standard InChI is InChI=1S/C17H20N2O3/c1-11-8-9-14(18)19-15(11)12-6-5-7-13(10-12)16(20)21-22-17(2,3)4/h5-10H,1-4H3,(H2,18,19). The second kappa shape index (κ2) is 6.15. The van der Waals surface area contributed by atoms with E-state index in [0.717, 1.165) is 16.8 Å². The van der Waals surface area contributed by atoms with Crippen LogP contribution in [0.4, 0.5) is 5.82 Å². The van der Waals surface area contributed by atoms with Crippen LogP contribution < -0.4 is 5.73 Å². The molecule has 0 aliphatic rings.